The van der Waals surface area contributed by atoms with Gasteiger partial charge in [-0.1, -0.05) is 13.3 Å². The monoisotopic (exact) mass is 321 g/mol. The molecule has 126 valence electrons. The van der Waals surface area contributed by atoms with Gasteiger partial charge in [-0.2, -0.15) is 0 Å². The molecular weight excluding hydrogens is 290 g/mol. The summed E-state index contributed by atoms with van der Waals surface area (Å²) in [6.07, 6.45) is 4.02. The molecular formula is C15H32ClN3O2. The lowest BCUT2D eigenvalue weighted by Gasteiger charge is -2.32. The number of amides is 1. The van der Waals surface area contributed by atoms with Gasteiger partial charge in [0.2, 0.25) is 5.91 Å². The summed E-state index contributed by atoms with van der Waals surface area (Å²) < 4.78 is 5.57. The minimum atomic E-state index is -0.350. The van der Waals surface area contributed by atoms with Gasteiger partial charge in [-0.3, -0.25) is 4.79 Å². The molecule has 1 unspecified atom stereocenters. The Morgan fingerprint density at radius 1 is 1.38 bits per heavy atom. The molecule has 0 saturated carbocycles. The topological polar surface area (TPSA) is 67.6 Å². The van der Waals surface area contributed by atoms with Crippen molar-refractivity contribution in [3.8, 4) is 0 Å². The predicted octanol–water partition coefficient (Wildman–Crippen LogP) is 1.54. The lowest BCUT2D eigenvalue weighted by Crippen LogP contribution is -2.49. The van der Waals surface area contributed by atoms with Crippen LogP contribution in [-0.2, 0) is 9.53 Å². The van der Waals surface area contributed by atoms with E-state index >= 15 is 0 Å². The second kappa shape index (κ2) is 11.2. The number of halogens is 1. The molecule has 0 bridgehead atoms. The largest absolute Gasteiger partial charge is 0.377 e. The first-order valence-corrected chi connectivity index (χ1v) is 7.92. The Kier molecular flexibility index (Phi) is 11.0. The molecule has 1 aliphatic rings. The molecule has 0 aromatic rings. The molecule has 0 radical (unpaired) electrons. The average molecular weight is 322 g/mol. The van der Waals surface area contributed by atoms with Crippen LogP contribution in [0.3, 0.4) is 0 Å². The van der Waals surface area contributed by atoms with Gasteiger partial charge < -0.3 is 20.7 Å². The molecule has 1 fully saturated rings. The van der Waals surface area contributed by atoms with Crippen molar-refractivity contribution in [2.45, 2.75) is 64.6 Å². The third-order valence-electron chi connectivity index (χ3n) is 3.73. The summed E-state index contributed by atoms with van der Waals surface area (Å²) in [6.45, 7) is 9.97. The van der Waals surface area contributed by atoms with Crippen molar-refractivity contribution in [1.82, 2.24) is 10.2 Å². The zero-order chi connectivity index (χ0) is 15.0. The molecule has 3 N–H and O–H groups in total. The second-order valence-electron chi connectivity index (χ2n) is 5.94. The van der Waals surface area contributed by atoms with Crippen LogP contribution in [-0.4, -0.2) is 55.2 Å². The van der Waals surface area contributed by atoms with Crippen LogP contribution in [0.15, 0.2) is 0 Å². The summed E-state index contributed by atoms with van der Waals surface area (Å²) in [5, 5.41) is 3.08. The third kappa shape index (κ3) is 8.61. The van der Waals surface area contributed by atoms with E-state index in [0.717, 1.165) is 51.9 Å². The number of rotatable bonds is 8. The van der Waals surface area contributed by atoms with E-state index in [1.165, 1.54) is 0 Å². The van der Waals surface area contributed by atoms with E-state index in [4.69, 9.17) is 10.5 Å². The van der Waals surface area contributed by atoms with Crippen molar-refractivity contribution in [1.29, 1.82) is 0 Å². The molecule has 1 amide bonds. The maximum atomic E-state index is 11.9. The standard InChI is InChI=1S/C15H31N3O2.ClH/c1-4-5-14(16)15(19)17-13-6-8-18(9-7-13)10-11-20-12(2)3;/h12-14H,4-11,16H2,1-3H3,(H,17,19);1H. The summed E-state index contributed by atoms with van der Waals surface area (Å²) in [5.41, 5.74) is 5.83. The Bertz CT molecular complexity index is 282. The van der Waals surface area contributed by atoms with Crippen LogP contribution in [0.5, 0.6) is 0 Å². The van der Waals surface area contributed by atoms with Crippen LogP contribution in [0.1, 0.15) is 46.5 Å². The Balaban J connectivity index is 0.00000400. The van der Waals surface area contributed by atoms with Crippen LogP contribution in [0.2, 0.25) is 0 Å². The van der Waals surface area contributed by atoms with E-state index in [1.54, 1.807) is 0 Å². The molecule has 1 atom stereocenters. The van der Waals surface area contributed by atoms with Crippen LogP contribution >= 0.6 is 12.4 Å². The lowest BCUT2D eigenvalue weighted by atomic mass is 10.0. The molecule has 1 aliphatic heterocycles. The summed E-state index contributed by atoms with van der Waals surface area (Å²) >= 11 is 0. The zero-order valence-corrected chi connectivity index (χ0v) is 14.5. The smallest absolute Gasteiger partial charge is 0.237 e. The molecule has 6 heteroatoms. The number of nitrogens with two attached hydrogens (primary N) is 1. The molecule has 0 aliphatic carbocycles. The molecule has 0 spiro atoms. The predicted molar refractivity (Wildman–Crippen MR) is 88.8 cm³/mol. The van der Waals surface area contributed by atoms with Gasteiger partial charge in [-0.25, -0.2) is 0 Å². The molecule has 0 aromatic heterocycles. The Hall–Kier alpha value is -0.360. The average Bonchev–Trinajstić information content (AvgIpc) is 2.40. The number of carbonyl (C=O) groups is 1. The zero-order valence-electron chi connectivity index (χ0n) is 13.6. The number of hydrogen-bond donors (Lipinski definition) is 2. The number of nitrogens with zero attached hydrogens (tertiary/aromatic N) is 1. The number of hydrogen-bond acceptors (Lipinski definition) is 4. The fourth-order valence-corrected chi connectivity index (χ4v) is 2.47. The number of ether oxygens (including phenoxy) is 1. The molecule has 0 aromatic carbocycles. The van der Waals surface area contributed by atoms with E-state index in [1.807, 2.05) is 6.92 Å². The molecule has 1 saturated heterocycles. The van der Waals surface area contributed by atoms with Crippen molar-refractivity contribution >= 4 is 18.3 Å². The fraction of sp³-hybridized carbons (Fsp3) is 0.933. The summed E-state index contributed by atoms with van der Waals surface area (Å²) in [6, 6.07) is -0.0647. The maximum absolute atomic E-state index is 11.9. The van der Waals surface area contributed by atoms with E-state index in [-0.39, 0.29) is 30.4 Å². The molecule has 1 rings (SSSR count). The van der Waals surface area contributed by atoms with Gasteiger partial charge >= 0.3 is 0 Å². The van der Waals surface area contributed by atoms with Gasteiger partial charge in [0.25, 0.3) is 0 Å². The number of nitrogens with one attached hydrogen (secondary N) is 1. The minimum Gasteiger partial charge on any atom is -0.377 e. The summed E-state index contributed by atoms with van der Waals surface area (Å²) in [4.78, 5) is 14.3. The highest BCUT2D eigenvalue weighted by Crippen LogP contribution is 2.10. The van der Waals surface area contributed by atoms with Crippen molar-refractivity contribution in [2.24, 2.45) is 5.73 Å². The number of likely N-dealkylation sites (tertiary alicyclic amines) is 1. The minimum absolute atomic E-state index is 0. The maximum Gasteiger partial charge on any atom is 0.237 e. The van der Waals surface area contributed by atoms with Crippen molar-refractivity contribution in [3.63, 3.8) is 0 Å². The first kappa shape index (κ1) is 20.6. The summed E-state index contributed by atoms with van der Waals surface area (Å²) in [7, 11) is 0. The van der Waals surface area contributed by atoms with Gasteiger partial charge in [0.1, 0.15) is 0 Å². The van der Waals surface area contributed by atoms with E-state index in [2.05, 4.69) is 24.1 Å². The van der Waals surface area contributed by atoms with Gasteiger partial charge in [0.05, 0.1) is 18.8 Å². The number of carbonyl (C=O) groups excluding carboxylic acids is 1. The lowest BCUT2D eigenvalue weighted by molar-refractivity contribution is -0.123. The van der Waals surface area contributed by atoms with E-state index in [9.17, 15) is 4.79 Å². The van der Waals surface area contributed by atoms with E-state index < -0.39 is 0 Å². The molecule has 21 heavy (non-hydrogen) atoms. The van der Waals surface area contributed by atoms with Crippen LogP contribution in [0, 0.1) is 0 Å². The quantitative estimate of drug-likeness (QED) is 0.711. The fourth-order valence-electron chi connectivity index (χ4n) is 2.47. The van der Waals surface area contributed by atoms with Crippen LogP contribution < -0.4 is 11.1 Å². The molecule has 1 heterocycles. The second-order valence-corrected chi connectivity index (χ2v) is 5.94. The Morgan fingerprint density at radius 2 is 2.00 bits per heavy atom. The van der Waals surface area contributed by atoms with Gasteiger partial charge in [0.15, 0.2) is 0 Å². The van der Waals surface area contributed by atoms with Gasteiger partial charge in [-0.15, -0.1) is 12.4 Å². The number of piperidine rings is 1. The summed E-state index contributed by atoms with van der Waals surface area (Å²) in [5.74, 6) is 0.00782. The first-order chi connectivity index (χ1) is 9.52. The normalized spacial score (nSPS) is 18.3. The highest BCUT2D eigenvalue weighted by Gasteiger charge is 2.22. The van der Waals surface area contributed by atoms with Crippen molar-refractivity contribution < 1.29 is 9.53 Å². The SMILES string of the molecule is CCCC(N)C(=O)NC1CCN(CCOC(C)C)CC1.Cl. The van der Waals surface area contributed by atoms with E-state index in [0.29, 0.717) is 6.10 Å². The Morgan fingerprint density at radius 3 is 2.52 bits per heavy atom. The third-order valence-corrected chi connectivity index (χ3v) is 3.73. The van der Waals surface area contributed by atoms with Gasteiger partial charge in [0, 0.05) is 25.7 Å². The van der Waals surface area contributed by atoms with Crippen molar-refractivity contribution in [3.05, 3.63) is 0 Å². The highest BCUT2D eigenvalue weighted by atomic mass is 35.5. The Labute approximate surface area is 135 Å². The van der Waals surface area contributed by atoms with Crippen LogP contribution in [0.4, 0.5) is 0 Å². The van der Waals surface area contributed by atoms with Crippen molar-refractivity contribution in [2.75, 3.05) is 26.2 Å². The highest BCUT2D eigenvalue weighted by molar-refractivity contribution is 5.85. The van der Waals surface area contributed by atoms with Crippen LogP contribution in [0.25, 0.3) is 0 Å². The molecule has 5 nitrogen and oxygen atoms in total. The first-order valence-electron chi connectivity index (χ1n) is 7.92. The van der Waals surface area contributed by atoms with Gasteiger partial charge in [-0.05, 0) is 33.1 Å².